The Hall–Kier alpha value is -3.80. The molecule has 4 rings (SSSR count). The fourth-order valence-corrected chi connectivity index (χ4v) is 4.49. The molecule has 0 spiro atoms. The van der Waals surface area contributed by atoms with Crippen LogP contribution in [-0.2, 0) is 17.8 Å². The quantitative estimate of drug-likeness (QED) is 0.151. The third kappa shape index (κ3) is 5.32. The Bertz CT molecular complexity index is 1370. The molecule has 0 bridgehead atoms. The van der Waals surface area contributed by atoms with Gasteiger partial charge in [0.1, 0.15) is 7.11 Å². The largest absolute Gasteiger partial charge is 0.399 e. The maximum atomic E-state index is 13.7. The van der Waals surface area contributed by atoms with Crippen LogP contribution in [0.3, 0.4) is 0 Å². The van der Waals surface area contributed by atoms with E-state index >= 15 is 0 Å². The second-order valence-electron chi connectivity index (χ2n) is 8.85. The zero-order valence-corrected chi connectivity index (χ0v) is 20.1. The second kappa shape index (κ2) is 10.6. The zero-order valence-electron chi connectivity index (χ0n) is 20.1. The van der Waals surface area contributed by atoms with E-state index in [1.807, 2.05) is 36.4 Å². The minimum Gasteiger partial charge on any atom is -0.399 e. The number of Topliss-reactive ketones (excluding diaryl/α,β-unsaturated/α-hetero) is 1. The number of hydrogen-bond acceptors (Lipinski definition) is 3. The number of benzene rings is 3. The molecule has 0 aliphatic rings. The average Bonchev–Trinajstić information content (AvgIpc) is 3.17. The molecule has 6 heteroatoms. The number of aryl methyl sites for hydroxylation is 1. The molecular weight excluding hydrogens is 446 g/mol. The highest BCUT2D eigenvalue weighted by Gasteiger charge is 2.24. The highest BCUT2D eigenvalue weighted by atomic mass is 19.2. The molecule has 0 aliphatic carbocycles. The Kier molecular flexibility index (Phi) is 7.39. The molecule has 1 heterocycles. The Morgan fingerprint density at radius 3 is 2.46 bits per heavy atom. The van der Waals surface area contributed by atoms with E-state index in [0.717, 1.165) is 39.9 Å². The first-order valence-electron chi connectivity index (χ1n) is 11.6. The first kappa shape index (κ1) is 24.3. The SMILES string of the molecule is CO/N=C\c1ccc2c(C(=O)CCc3ccc(F)c(F)c3)c(C(C)C)n(Cc3ccccc3)c2c1. The van der Waals surface area contributed by atoms with Gasteiger partial charge < -0.3 is 9.40 Å². The van der Waals surface area contributed by atoms with Gasteiger partial charge in [0, 0.05) is 35.1 Å². The Labute approximate surface area is 203 Å². The lowest BCUT2D eigenvalue weighted by Gasteiger charge is -2.15. The van der Waals surface area contributed by atoms with Crippen molar-refractivity contribution < 1.29 is 18.4 Å². The van der Waals surface area contributed by atoms with Crippen LogP contribution in [0, 0.1) is 11.6 Å². The van der Waals surface area contributed by atoms with Crippen molar-refractivity contribution in [2.24, 2.45) is 5.16 Å². The van der Waals surface area contributed by atoms with Crippen molar-refractivity contribution in [1.29, 1.82) is 0 Å². The summed E-state index contributed by atoms with van der Waals surface area (Å²) < 4.78 is 29.2. The van der Waals surface area contributed by atoms with Gasteiger partial charge in [0.15, 0.2) is 17.4 Å². The van der Waals surface area contributed by atoms with Gasteiger partial charge in [0.05, 0.1) is 6.21 Å². The van der Waals surface area contributed by atoms with Crippen molar-refractivity contribution in [3.05, 3.63) is 106 Å². The van der Waals surface area contributed by atoms with Crippen molar-refractivity contribution in [3.8, 4) is 0 Å². The molecule has 4 nitrogen and oxygen atoms in total. The molecule has 35 heavy (non-hydrogen) atoms. The number of fused-ring (bicyclic) bond motifs is 1. The van der Waals surface area contributed by atoms with Gasteiger partial charge in [-0.2, -0.15) is 0 Å². The summed E-state index contributed by atoms with van der Waals surface area (Å²) in [6, 6.07) is 19.8. The van der Waals surface area contributed by atoms with E-state index in [9.17, 15) is 13.6 Å². The third-order valence-electron chi connectivity index (χ3n) is 6.07. The maximum absolute atomic E-state index is 13.7. The van der Waals surface area contributed by atoms with Crippen LogP contribution in [0.4, 0.5) is 8.78 Å². The number of ketones is 1. The molecule has 0 N–H and O–H groups in total. The number of carbonyl (C=O) groups is 1. The average molecular weight is 475 g/mol. The molecular formula is C29H28F2N2O2. The van der Waals surface area contributed by atoms with E-state index in [-0.39, 0.29) is 18.1 Å². The smallest absolute Gasteiger partial charge is 0.165 e. The summed E-state index contributed by atoms with van der Waals surface area (Å²) in [5.41, 5.74) is 5.16. The third-order valence-corrected chi connectivity index (χ3v) is 6.07. The van der Waals surface area contributed by atoms with Gasteiger partial charge in [0.25, 0.3) is 0 Å². The lowest BCUT2D eigenvalue weighted by Crippen LogP contribution is -2.11. The highest BCUT2D eigenvalue weighted by molar-refractivity contribution is 6.10. The monoisotopic (exact) mass is 474 g/mol. The van der Waals surface area contributed by atoms with E-state index in [4.69, 9.17) is 4.84 Å². The predicted molar refractivity (Wildman–Crippen MR) is 135 cm³/mol. The minimum atomic E-state index is -0.900. The molecule has 0 saturated heterocycles. The number of carbonyl (C=O) groups excluding carboxylic acids is 1. The molecule has 0 unspecified atom stereocenters. The number of hydrogen-bond donors (Lipinski definition) is 0. The molecule has 0 radical (unpaired) electrons. The van der Waals surface area contributed by atoms with Crippen LogP contribution in [0.15, 0.2) is 71.9 Å². The van der Waals surface area contributed by atoms with Crippen molar-refractivity contribution >= 4 is 22.9 Å². The van der Waals surface area contributed by atoms with E-state index in [0.29, 0.717) is 24.1 Å². The van der Waals surface area contributed by atoms with E-state index in [2.05, 4.69) is 35.7 Å². The van der Waals surface area contributed by atoms with Crippen molar-refractivity contribution in [1.82, 2.24) is 4.57 Å². The van der Waals surface area contributed by atoms with Crippen LogP contribution in [0.25, 0.3) is 10.9 Å². The molecule has 0 amide bonds. The van der Waals surface area contributed by atoms with Gasteiger partial charge in [-0.05, 0) is 47.2 Å². The van der Waals surface area contributed by atoms with Gasteiger partial charge in [0.2, 0.25) is 0 Å². The number of halogens is 2. The first-order valence-corrected chi connectivity index (χ1v) is 11.6. The summed E-state index contributed by atoms with van der Waals surface area (Å²) in [4.78, 5) is 18.4. The van der Waals surface area contributed by atoms with Crippen LogP contribution < -0.4 is 0 Å². The van der Waals surface area contributed by atoms with Crippen molar-refractivity contribution in [2.75, 3.05) is 7.11 Å². The first-order chi connectivity index (χ1) is 16.9. The molecule has 0 aliphatic heterocycles. The number of oxime groups is 1. The summed E-state index contributed by atoms with van der Waals surface area (Å²) >= 11 is 0. The predicted octanol–water partition coefficient (Wildman–Crippen LogP) is 6.89. The Balaban J connectivity index is 1.79. The van der Waals surface area contributed by atoms with Crippen LogP contribution in [0.5, 0.6) is 0 Å². The van der Waals surface area contributed by atoms with E-state index in [1.54, 1.807) is 6.21 Å². The van der Waals surface area contributed by atoms with E-state index in [1.165, 1.54) is 13.2 Å². The van der Waals surface area contributed by atoms with Crippen LogP contribution in [0.1, 0.15) is 58.9 Å². The molecule has 0 atom stereocenters. The van der Waals surface area contributed by atoms with Gasteiger partial charge in [-0.25, -0.2) is 8.78 Å². The maximum Gasteiger partial charge on any atom is 0.165 e. The number of aromatic nitrogens is 1. The molecule has 3 aromatic carbocycles. The van der Waals surface area contributed by atoms with Crippen molar-refractivity contribution in [2.45, 2.75) is 39.2 Å². The fourth-order valence-electron chi connectivity index (χ4n) is 4.49. The molecule has 0 fully saturated rings. The van der Waals surface area contributed by atoms with Gasteiger partial charge in [-0.3, -0.25) is 4.79 Å². The number of rotatable bonds is 9. The van der Waals surface area contributed by atoms with Gasteiger partial charge in [-0.1, -0.05) is 67.5 Å². The Morgan fingerprint density at radius 1 is 1.00 bits per heavy atom. The van der Waals surface area contributed by atoms with Crippen LogP contribution in [-0.4, -0.2) is 23.7 Å². The van der Waals surface area contributed by atoms with Gasteiger partial charge >= 0.3 is 0 Å². The molecule has 0 saturated carbocycles. The molecule has 1 aromatic heterocycles. The molecule has 180 valence electrons. The number of nitrogens with zero attached hydrogens (tertiary/aromatic N) is 2. The summed E-state index contributed by atoms with van der Waals surface area (Å²) in [6.45, 7) is 4.77. The summed E-state index contributed by atoms with van der Waals surface area (Å²) in [5, 5.41) is 4.75. The van der Waals surface area contributed by atoms with Gasteiger partial charge in [-0.15, -0.1) is 0 Å². The summed E-state index contributed by atoms with van der Waals surface area (Å²) in [6.07, 6.45) is 2.17. The zero-order chi connectivity index (χ0) is 24.9. The minimum absolute atomic E-state index is 0.0199. The summed E-state index contributed by atoms with van der Waals surface area (Å²) in [7, 11) is 1.49. The summed E-state index contributed by atoms with van der Waals surface area (Å²) in [5.74, 6) is -1.72. The highest BCUT2D eigenvalue weighted by Crippen LogP contribution is 2.34. The normalized spacial score (nSPS) is 11.6. The fraction of sp³-hybridized carbons (Fsp3) is 0.241. The van der Waals surface area contributed by atoms with Crippen LogP contribution in [0.2, 0.25) is 0 Å². The standard InChI is InChI=1S/C29H28F2N2O2/c1-19(2)29-28(27(34)14-11-20-10-13-24(30)25(31)15-20)23-12-9-22(17-32-35-3)16-26(23)33(29)18-21-7-5-4-6-8-21/h4-10,12-13,15-17,19H,11,14,18H2,1-3H3/b32-17-. The van der Waals surface area contributed by atoms with Crippen LogP contribution >= 0.6 is 0 Å². The Morgan fingerprint density at radius 2 is 1.77 bits per heavy atom. The lowest BCUT2D eigenvalue weighted by atomic mass is 9.96. The van der Waals surface area contributed by atoms with E-state index < -0.39 is 11.6 Å². The van der Waals surface area contributed by atoms with Crippen molar-refractivity contribution in [3.63, 3.8) is 0 Å². The second-order valence-corrected chi connectivity index (χ2v) is 8.85. The topological polar surface area (TPSA) is 43.6 Å². The molecule has 4 aromatic rings. The lowest BCUT2D eigenvalue weighted by molar-refractivity contribution is 0.0983.